The molecule has 0 aromatic heterocycles. The molecule has 160 valence electrons. The Labute approximate surface area is 177 Å². The second-order valence-electron chi connectivity index (χ2n) is 7.21. The fourth-order valence-electron chi connectivity index (χ4n) is 3.39. The number of phenolic OH excluding ortho intramolecular Hbond substituents is 2. The highest BCUT2D eigenvalue weighted by Gasteiger charge is 2.06. The second kappa shape index (κ2) is 11.1. The van der Waals surface area contributed by atoms with Gasteiger partial charge in [-0.25, -0.2) is 0 Å². The smallest absolute Gasteiger partial charge is 0.307 e. The number of unbranched alkanes of at least 4 members (excludes halogenated alkanes) is 3. The van der Waals surface area contributed by atoms with Crippen molar-refractivity contribution in [3.63, 3.8) is 0 Å². The van der Waals surface area contributed by atoms with Crippen LogP contribution >= 0.6 is 0 Å². The van der Waals surface area contributed by atoms with Gasteiger partial charge in [-0.1, -0.05) is 56.7 Å². The van der Waals surface area contributed by atoms with Crippen molar-refractivity contribution in [2.45, 2.75) is 46.0 Å². The molecule has 0 unspecified atom stereocenters. The van der Waals surface area contributed by atoms with Gasteiger partial charge in [-0.2, -0.15) is 0 Å². The van der Waals surface area contributed by atoms with Crippen LogP contribution in [-0.2, 0) is 17.6 Å². The first-order chi connectivity index (χ1) is 14.0. The van der Waals surface area contributed by atoms with Crippen LogP contribution in [0.15, 0.2) is 54.6 Å². The van der Waals surface area contributed by atoms with Gasteiger partial charge >= 0.3 is 5.97 Å². The van der Waals surface area contributed by atoms with Crippen molar-refractivity contribution in [3.8, 4) is 17.2 Å². The summed E-state index contributed by atoms with van der Waals surface area (Å²) in [6, 6.07) is 16.6. The number of benzene rings is 3. The van der Waals surface area contributed by atoms with Crippen molar-refractivity contribution in [2.24, 2.45) is 0 Å². The van der Waals surface area contributed by atoms with E-state index in [1.807, 2.05) is 42.5 Å². The molecule has 3 aromatic carbocycles. The predicted molar refractivity (Wildman–Crippen MR) is 119 cm³/mol. The number of carboxylic acid groups (broad SMARTS) is 1. The Morgan fingerprint density at radius 3 is 2.43 bits per heavy atom. The van der Waals surface area contributed by atoms with Crippen molar-refractivity contribution in [2.75, 3.05) is 6.61 Å². The lowest BCUT2D eigenvalue weighted by atomic mass is 10.0. The highest BCUT2D eigenvalue weighted by Crippen LogP contribution is 2.29. The molecule has 30 heavy (non-hydrogen) atoms. The molecule has 0 fully saturated rings. The summed E-state index contributed by atoms with van der Waals surface area (Å²) in [7, 11) is 0. The van der Waals surface area contributed by atoms with Crippen molar-refractivity contribution < 1.29 is 24.9 Å². The summed E-state index contributed by atoms with van der Waals surface area (Å²) in [4.78, 5) is 10.9. The van der Waals surface area contributed by atoms with Gasteiger partial charge in [0.25, 0.3) is 0 Å². The highest BCUT2D eigenvalue weighted by molar-refractivity contribution is 5.85. The Morgan fingerprint density at radius 2 is 1.63 bits per heavy atom. The summed E-state index contributed by atoms with van der Waals surface area (Å²) in [5.41, 5.74) is 1.56. The van der Waals surface area contributed by atoms with Gasteiger partial charge in [0.15, 0.2) is 11.5 Å². The SMILES string of the molecule is C.O=C(O)Cc1ccc2ccc(OCCCCCCc3cccc(O)c3O)cc2c1. The van der Waals surface area contributed by atoms with E-state index >= 15 is 0 Å². The maximum Gasteiger partial charge on any atom is 0.307 e. The number of hydrogen-bond acceptors (Lipinski definition) is 4. The van der Waals surface area contributed by atoms with Gasteiger partial charge in [0, 0.05) is 0 Å². The lowest BCUT2D eigenvalue weighted by molar-refractivity contribution is -0.136. The van der Waals surface area contributed by atoms with Gasteiger partial charge in [-0.3, -0.25) is 4.79 Å². The summed E-state index contributed by atoms with van der Waals surface area (Å²) in [5, 5.41) is 30.3. The number of carboxylic acids is 1. The molecule has 0 radical (unpaired) electrons. The summed E-state index contributed by atoms with van der Waals surface area (Å²) >= 11 is 0. The van der Waals surface area contributed by atoms with Crippen LogP contribution in [0.3, 0.4) is 0 Å². The average molecular weight is 411 g/mol. The molecule has 0 aliphatic carbocycles. The average Bonchev–Trinajstić information content (AvgIpc) is 2.69. The minimum absolute atomic E-state index is 0. The summed E-state index contributed by atoms with van der Waals surface area (Å²) in [6.07, 6.45) is 4.68. The number of rotatable bonds is 10. The van der Waals surface area contributed by atoms with Crippen LogP contribution in [0.4, 0.5) is 0 Å². The first-order valence-electron chi connectivity index (χ1n) is 9.90. The lowest BCUT2D eigenvalue weighted by Crippen LogP contribution is -2.00. The van der Waals surface area contributed by atoms with Crippen molar-refractivity contribution in [1.29, 1.82) is 0 Å². The fourth-order valence-corrected chi connectivity index (χ4v) is 3.39. The van der Waals surface area contributed by atoms with Crippen molar-refractivity contribution in [1.82, 2.24) is 0 Å². The van der Waals surface area contributed by atoms with Gasteiger partial charge in [0.05, 0.1) is 13.0 Å². The topological polar surface area (TPSA) is 87.0 Å². The fraction of sp³-hybridized carbons (Fsp3) is 0.320. The van der Waals surface area contributed by atoms with E-state index in [-0.39, 0.29) is 25.3 Å². The number of carbonyl (C=O) groups is 1. The molecule has 0 saturated carbocycles. The molecule has 0 bridgehead atoms. The van der Waals surface area contributed by atoms with Crippen LogP contribution in [-0.4, -0.2) is 27.9 Å². The Morgan fingerprint density at radius 1 is 0.867 bits per heavy atom. The number of fused-ring (bicyclic) bond motifs is 1. The first-order valence-corrected chi connectivity index (χ1v) is 9.90. The molecule has 0 atom stereocenters. The molecule has 0 heterocycles. The van der Waals surface area contributed by atoms with Gasteiger partial charge in [-0.05, 0) is 59.4 Å². The van der Waals surface area contributed by atoms with E-state index in [4.69, 9.17) is 9.84 Å². The number of aryl methyl sites for hydroxylation is 1. The van der Waals surface area contributed by atoms with Crippen molar-refractivity contribution >= 4 is 16.7 Å². The Balaban J connectivity index is 0.00000320. The number of hydrogen-bond donors (Lipinski definition) is 3. The molecule has 0 spiro atoms. The monoisotopic (exact) mass is 410 g/mol. The van der Waals surface area contributed by atoms with E-state index in [0.717, 1.165) is 59.8 Å². The molecule has 3 N–H and O–H groups in total. The summed E-state index contributed by atoms with van der Waals surface area (Å²) in [5.74, 6) is -0.134. The van der Waals surface area contributed by atoms with Crippen LogP contribution in [0, 0.1) is 0 Å². The van der Waals surface area contributed by atoms with Crippen LogP contribution in [0.1, 0.15) is 44.2 Å². The zero-order chi connectivity index (χ0) is 20.6. The normalized spacial score (nSPS) is 10.5. The maximum absolute atomic E-state index is 10.9. The molecular formula is C25H30O5. The number of para-hydroxylation sites is 1. The zero-order valence-electron chi connectivity index (χ0n) is 16.3. The second-order valence-corrected chi connectivity index (χ2v) is 7.21. The zero-order valence-corrected chi connectivity index (χ0v) is 16.3. The molecule has 3 aromatic rings. The van der Waals surface area contributed by atoms with Crippen LogP contribution < -0.4 is 4.74 Å². The summed E-state index contributed by atoms with van der Waals surface area (Å²) in [6.45, 7) is 0.623. The van der Waals surface area contributed by atoms with Gasteiger partial charge in [0.2, 0.25) is 0 Å². The first kappa shape index (κ1) is 23.1. The minimum atomic E-state index is -0.837. The van der Waals surface area contributed by atoms with E-state index in [1.54, 1.807) is 6.07 Å². The molecular weight excluding hydrogens is 380 g/mol. The molecule has 0 amide bonds. The maximum atomic E-state index is 10.9. The number of aliphatic carboxylic acids is 1. The van der Waals surface area contributed by atoms with E-state index in [1.165, 1.54) is 6.07 Å². The molecule has 3 rings (SSSR count). The number of phenols is 2. The third-order valence-electron chi connectivity index (χ3n) is 4.94. The quantitative estimate of drug-likeness (QED) is 0.295. The predicted octanol–water partition coefficient (Wildman–Crippen LogP) is 5.70. The third-order valence-corrected chi connectivity index (χ3v) is 4.94. The summed E-state index contributed by atoms with van der Waals surface area (Å²) < 4.78 is 5.85. The van der Waals surface area contributed by atoms with E-state index < -0.39 is 5.97 Å². The Bertz CT molecular complexity index is 980. The van der Waals surface area contributed by atoms with Gasteiger partial charge in [-0.15, -0.1) is 0 Å². The van der Waals surface area contributed by atoms with E-state index in [9.17, 15) is 15.0 Å². The largest absolute Gasteiger partial charge is 0.504 e. The molecule has 5 heteroatoms. The van der Waals surface area contributed by atoms with Gasteiger partial charge < -0.3 is 20.1 Å². The van der Waals surface area contributed by atoms with Crippen molar-refractivity contribution in [3.05, 3.63) is 65.7 Å². The van der Waals surface area contributed by atoms with Crippen LogP contribution in [0.2, 0.25) is 0 Å². The number of aromatic hydroxyl groups is 2. The molecule has 0 saturated heterocycles. The minimum Gasteiger partial charge on any atom is -0.504 e. The highest BCUT2D eigenvalue weighted by atomic mass is 16.5. The van der Waals surface area contributed by atoms with Gasteiger partial charge in [0.1, 0.15) is 5.75 Å². The Hall–Kier alpha value is -3.21. The third kappa shape index (κ3) is 6.41. The molecule has 0 aliphatic heterocycles. The lowest BCUT2D eigenvalue weighted by Gasteiger charge is -2.09. The van der Waals surface area contributed by atoms with Crippen LogP contribution in [0.25, 0.3) is 10.8 Å². The Kier molecular flexibility index (Phi) is 8.54. The van der Waals surface area contributed by atoms with Crippen LogP contribution in [0.5, 0.6) is 17.2 Å². The van der Waals surface area contributed by atoms with E-state index in [2.05, 4.69) is 0 Å². The molecule has 5 nitrogen and oxygen atoms in total. The van der Waals surface area contributed by atoms with E-state index in [0.29, 0.717) is 6.61 Å². The number of ether oxygens (including phenoxy) is 1. The molecule has 0 aliphatic rings. The standard InChI is InChI=1S/C24H26O5.CH4/c25-22-8-5-7-19(24(22)28)6-3-1-2-4-13-29-21-12-11-18-10-9-17(15-23(26)27)14-20(18)16-21;/h5,7-12,14,16,25,28H,1-4,6,13,15H2,(H,26,27);1H4.